The third-order valence-electron chi connectivity index (χ3n) is 4.74. The molecule has 3 heteroatoms. The largest absolute Gasteiger partial charge is 0.298 e. The van der Waals surface area contributed by atoms with Gasteiger partial charge in [0.2, 0.25) is 0 Å². The van der Waals surface area contributed by atoms with Crippen LogP contribution < -0.4 is 10.6 Å². The molecule has 1 aromatic carbocycles. The summed E-state index contributed by atoms with van der Waals surface area (Å²) < 4.78 is 13.2. The van der Waals surface area contributed by atoms with Crippen molar-refractivity contribution in [3.05, 3.63) is 35.4 Å². The Kier molecular flexibility index (Phi) is 4.37. The van der Waals surface area contributed by atoms with Crippen molar-refractivity contribution in [2.75, 3.05) is 13.1 Å². The first kappa shape index (κ1) is 14.0. The van der Waals surface area contributed by atoms with Gasteiger partial charge in [-0.3, -0.25) is 10.6 Å². The quantitative estimate of drug-likeness (QED) is 0.864. The lowest BCUT2D eigenvalue weighted by Gasteiger charge is -2.30. The second-order valence-corrected chi connectivity index (χ2v) is 6.47. The highest BCUT2D eigenvalue weighted by Crippen LogP contribution is 2.34. The lowest BCUT2D eigenvalue weighted by Crippen LogP contribution is -2.45. The summed E-state index contributed by atoms with van der Waals surface area (Å²) in [6.45, 7) is 4.39. The maximum Gasteiger partial charge on any atom is 0.100 e. The molecule has 3 rings (SSSR count). The van der Waals surface area contributed by atoms with E-state index in [4.69, 9.17) is 0 Å². The Labute approximate surface area is 121 Å². The average Bonchev–Trinajstić information content (AvgIpc) is 2.49. The van der Waals surface area contributed by atoms with E-state index in [1.165, 1.54) is 11.1 Å². The smallest absolute Gasteiger partial charge is 0.100 e. The molecule has 1 aromatic rings. The first-order chi connectivity index (χ1) is 9.72. The van der Waals surface area contributed by atoms with Crippen LogP contribution in [0.2, 0.25) is 0 Å². The fourth-order valence-electron chi connectivity index (χ4n) is 3.36. The molecule has 1 aliphatic carbocycles. The fraction of sp³-hybridized carbons (Fsp3) is 0.647. The predicted molar refractivity (Wildman–Crippen MR) is 80.5 cm³/mol. The summed E-state index contributed by atoms with van der Waals surface area (Å²) in [7, 11) is 0. The minimum atomic E-state index is -0.567. The SMILES string of the molecule is CC1CNC(c2ccc(C3CCC(F)CC3)cc2)NC1. The van der Waals surface area contributed by atoms with Crippen LogP contribution in [0.25, 0.3) is 0 Å². The van der Waals surface area contributed by atoms with E-state index in [0.29, 0.717) is 11.8 Å². The summed E-state index contributed by atoms with van der Waals surface area (Å²) in [6.07, 6.45) is 3.17. The van der Waals surface area contributed by atoms with Gasteiger partial charge in [0.1, 0.15) is 6.17 Å². The Morgan fingerprint density at radius 3 is 2.05 bits per heavy atom. The van der Waals surface area contributed by atoms with Gasteiger partial charge >= 0.3 is 0 Å². The molecule has 0 radical (unpaired) electrons. The number of halogens is 1. The first-order valence-electron chi connectivity index (χ1n) is 7.93. The molecule has 0 spiro atoms. The van der Waals surface area contributed by atoms with E-state index >= 15 is 0 Å². The van der Waals surface area contributed by atoms with Crippen molar-refractivity contribution in [1.29, 1.82) is 0 Å². The van der Waals surface area contributed by atoms with Crippen molar-refractivity contribution in [3.8, 4) is 0 Å². The van der Waals surface area contributed by atoms with E-state index in [1.54, 1.807) is 0 Å². The van der Waals surface area contributed by atoms with Crippen molar-refractivity contribution in [2.45, 2.75) is 50.9 Å². The molecule has 0 atom stereocenters. The van der Waals surface area contributed by atoms with Crippen LogP contribution in [0, 0.1) is 5.92 Å². The van der Waals surface area contributed by atoms with Gasteiger partial charge in [0.05, 0.1) is 6.17 Å². The third kappa shape index (κ3) is 3.21. The number of benzene rings is 1. The maximum atomic E-state index is 13.2. The van der Waals surface area contributed by atoms with E-state index in [0.717, 1.165) is 38.8 Å². The molecule has 1 heterocycles. The molecule has 2 aliphatic rings. The summed E-state index contributed by atoms with van der Waals surface area (Å²) in [4.78, 5) is 0. The zero-order chi connectivity index (χ0) is 13.9. The second kappa shape index (κ2) is 6.23. The van der Waals surface area contributed by atoms with E-state index in [9.17, 15) is 4.39 Å². The zero-order valence-corrected chi connectivity index (χ0v) is 12.2. The average molecular weight is 276 g/mol. The predicted octanol–water partition coefficient (Wildman–Crippen LogP) is 3.51. The van der Waals surface area contributed by atoms with Crippen LogP contribution in [-0.4, -0.2) is 19.3 Å². The van der Waals surface area contributed by atoms with E-state index in [1.807, 2.05) is 0 Å². The molecule has 1 saturated carbocycles. The monoisotopic (exact) mass is 276 g/mol. The highest BCUT2D eigenvalue weighted by molar-refractivity contribution is 5.27. The Bertz CT molecular complexity index is 374. The van der Waals surface area contributed by atoms with Crippen LogP contribution in [-0.2, 0) is 0 Å². The standard InChI is InChI=1S/C17H25FN2/c1-12-10-19-17(20-11-12)15-4-2-13(3-5-15)14-6-8-16(18)9-7-14/h2-5,12,14,16-17,19-20H,6-11H2,1H3. The summed E-state index contributed by atoms with van der Waals surface area (Å²) in [5.74, 6) is 1.25. The van der Waals surface area contributed by atoms with Gasteiger partial charge < -0.3 is 0 Å². The molecule has 2 N–H and O–H groups in total. The molecule has 0 unspecified atom stereocenters. The molecular weight excluding hydrogens is 251 g/mol. The molecule has 0 bridgehead atoms. The van der Waals surface area contributed by atoms with Crippen LogP contribution in [0.4, 0.5) is 4.39 Å². The van der Waals surface area contributed by atoms with Gasteiger partial charge in [-0.15, -0.1) is 0 Å². The summed E-state index contributed by atoms with van der Waals surface area (Å²) in [6, 6.07) is 8.91. The molecule has 2 nitrogen and oxygen atoms in total. The molecular formula is C17H25FN2. The molecule has 0 amide bonds. The Balaban J connectivity index is 1.62. The van der Waals surface area contributed by atoms with Gasteiger partial charge in [0.25, 0.3) is 0 Å². The normalized spacial score (nSPS) is 34.9. The van der Waals surface area contributed by atoms with Crippen molar-refractivity contribution in [2.24, 2.45) is 5.92 Å². The first-order valence-corrected chi connectivity index (χ1v) is 7.93. The van der Waals surface area contributed by atoms with Gasteiger partial charge in [-0.25, -0.2) is 4.39 Å². The fourth-order valence-corrected chi connectivity index (χ4v) is 3.36. The molecule has 2 fully saturated rings. The lowest BCUT2D eigenvalue weighted by molar-refractivity contribution is 0.235. The minimum absolute atomic E-state index is 0.279. The molecule has 1 aliphatic heterocycles. The van der Waals surface area contributed by atoms with Crippen LogP contribution in [0.1, 0.15) is 55.8 Å². The summed E-state index contributed by atoms with van der Waals surface area (Å²) in [5, 5.41) is 7.06. The van der Waals surface area contributed by atoms with Crippen LogP contribution in [0.5, 0.6) is 0 Å². The third-order valence-corrected chi connectivity index (χ3v) is 4.74. The van der Waals surface area contributed by atoms with Crippen molar-refractivity contribution in [1.82, 2.24) is 10.6 Å². The molecule has 0 aromatic heterocycles. The minimum Gasteiger partial charge on any atom is -0.298 e. The van der Waals surface area contributed by atoms with Gasteiger partial charge in [0, 0.05) is 13.1 Å². The van der Waals surface area contributed by atoms with Gasteiger partial charge in [0.15, 0.2) is 0 Å². The highest BCUT2D eigenvalue weighted by Gasteiger charge is 2.22. The Morgan fingerprint density at radius 1 is 0.900 bits per heavy atom. The van der Waals surface area contributed by atoms with E-state index in [-0.39, 0.29) is 6.17 Å². The number of nitrogens with one attached hydrogen (secondary N) is 2. The topological polar surface area (TPSA) is 24.1 Å². The number of alkyl halides is 1. The van der Waals surface area contributed by atoms with Crippen molar-refractivity contribution in [3.63, 3.8) is 0 Å². The highest BCUT2D eigenvalue weighted by atomic mass is 19.1. The maximum absolute atomic E-state index is 13.2. The molecule has 110 valence electrons. The van der Waals surface area contributed by atoms with Gasteiger partial charge in [-0.05, 0) is 48.6 Å². The molecule has 1 saturated heterocycles. The zero-order valence-electron chi connectivity index (χ0n) is 12.2. The van der Waals surface area contributed by atoms with Crippen LogP contribution in [0.15, 0.2) is 24.3 Å². The number of rotatable bonds is 2. The summed E-state index contributed by atoms with van der Waals surface area (Å²) in [5.41, 5.74) is 2.68. The van der Waals surface area contributed by atoms with Crippen molar-refractivity contribution < 1.29 is 4.39 Å². The second-order valence-electron chi connectivity index (χ2n) is 6.47. The van der Waals surface area contributed by atoms with Crippen LogP contribution >= 0.6 is 0 Å². The Hall–Kier alpha value is -0.930. The summed E-state index contributed by atoms with van der Waals surface area (Å²) >= 11 is 0. The Morgan fingerprint density at radius 2 is 1.45 bits per heavy atom. The van der Waals surface area contributed by atoms with E-state index in [2.05, 4.69) is 41.8 Å². The number of hydrogen-bond acceptors (Lipinski definition) is 2. The van der Waals surface area contributed by atoms with Gasteiger partial charge in [-0.1, -0.05) is 31.2 Å². The van der Waals surface area contributed by atoms with Crippen molar-refractivity contribution >= 4 is 0 Å². The molecule has 20 heavy (non-hydrogen) atoms. The lowest BCUT2D eigenvalue weighted by atomic mass is 9.83. The number of hydrogen-bond donors (Lipinski definition) is 2. The van der Waals surface area contributed by atoms with Crippen LogP contribution in [0.3, 0.4) is 0 Å². The van der Waals surface area contributed by atoms with E-state index < -0.39 is 6.17 Å². The van der Waals surface area contributed by atoms with Gasteiger partial charge in [-0.2, -0.15) is 0 Å².